The topological polar surface area (TPSA) is 61.6 Å². The van der Waals surface area contributed by atoms with E-state index in [1.165, 1.54) is 6.07 Å². The van der Waals surface area contributed by atoms with E-state index in [1.807, 2.05) is 13.0 Å². The summed E-state index contributed by atoms with van der Waals surface area (Å²) in [5.74, 6) is 1.33. The molecule has 6 heteroatoms. The predicted molar refractivity (Wildman–Crippen MR) is 80.3 cm³/mol. The van der Waals surface area contributed by atoms with Crippen molar-refractivity contribution in [2.45, 2.75) is 12.8 Å². The van der Waals surface area contributed by atoms with Gasteiger partial charge in [-0.25, -0.2) is 0 Å². The molecule has 0 N–H and O–H groups in total. The third-order valence-electron chi connectivity index (χ3n) is 2.74. The van der Waals surface area contributed by atoms with Crippen LogP contribution < -0.4 is 9.47 Å². The van der Waals surface area contributed by atoms with Gasteiger partial charge in [-0.3, -0.25) is 10.1 Å². The van der Waals surface area contributed by atoms with E-state index in [9.17, 15) is 10.1 Å². The van der Waals surface area contributed by atoms with Crippen LogP contribution in [0.3, 0.4) is 0 Å². The van der Waals surface area contributed by atoms with Crippen molar-refractivity contribution in [3.8, 4) is 17.2 Å². The maximum atomic E-state index is 11.1. The van der Waals surface area contributed by atoms with Crippen LogP contribution in [-0.2, 0) is 5.88 Å². The van der Waals surface area contributed by atoms with Crippen LogP contribution in [0.4, 0.5) is 5.69 Å². The van der Waals surface area contributed by atoms with Crippen LogP contribution >= 0.6 is 11.6 Å². The Morgan fingerprint density at radius 2 is 1.86 bits per heavy atom. The van der Waals surface area contributed by atoms with Crippen LogP contribution in [0.15, 0.2) is 42.5 Å². The van der Waals surface area contributed by atoms with Gasteiger partial charge >= 0.3 is 5.69 Å². The lowest BCUT2D eigenvalue weighted by molar-refractivity contribution is -0.385. The minimum Gasteiger partial charge on any atom is -0.490 e. The molecule has 0 bridgehead atoms. The summed E-state index contributed by atoms with van der Waals surface area (Å²) in [7, 11) is 0. The molecule has 0 aliphatic heterocycles. The Bertz CT molecular complexity index is 645. The Kier molecular flexibility index (Phi) is 5.00. The molecule has 0 fully saturated rings. The van der Waals surface area contributed by atoms with Crippen molar-refractivity contribution in [3.63, 3.8) is 0 Å². The number of hydrogen-bond acceptors (Lipinski definition) is 4. The summed E-state index contributed by atoms with van der Waals surface area (Å²) in [6.45, 7) is 2.34. The molecule has 0 amide bonds. The van der Waals surface area contributed by atoms with Crippen LogP contribution in [0.25, 0.3) is 0 Å². The van der Waals surface area contributed by atoms with Crippen LogP contribution in [-0.4, -0.2) is 11.5 Å². The van der Waals surface area contributed by atoms with Gasteiger partial charge in [-0.2, -0.15) is 0 Å². The molecule has 2 rings (SSSR count). The summed E-state index contributed by atoms with van der Waals surface area (Å²) < 4.78 is 11.1. The van der Waals surface area contributed by atoms with Gasteiger partial charge in [0.25, 0.3) is 0 Å². The van der Waals surface area contributed by atoms with E-state index in [0.29, 0.717) is 23.7 Å². The number of benzene rings is 2. The molecule has 110 valence electrons. The largest absolute Gasteiger partial charge is 0.490 e. The third kappa shape index (κ3) is 3.64. The number of nitro benzene ring substituents is 1. The van der Waals surface area contributed by atoms with Gasteiger partial charge in [0.2, 0.25) is 5.75 Å². The standard InChI is InChI=1S/C15H14ClNO4/c1-2-20-14-5-3-4-6-15(14)21-13-8-7-11(10-16)9-12(13)17(18)19/h3-9H,2,10H2,1H3. The lowest BCUT2D eigenvalue weighted by Gasteiger charge is -2.11. The molecule has 21 heavy (non-hydrogen) atoms. The summed E-state index contributed by atoms with van der Waals surface area (Å²) in [5.41, 5.74) is 0.535. The van der Waals surface area contributed by atoms with Gasteiger partial charge in [-0.1, -0.05) is 18.2 Å². The molecule has 0 spiro atoms. The molecule has 0 aromatic heterocycles. The van der Waals surface area contributed by atoms with Crippen molar-refractivity contribution >= 4 is 17.3 Å². The smallest absolute Gasteiger partial charge is 0.311 e. The first kappa shape index (κ1) is 15.1. The zero-order chi connectivity index (χ0) is 15.2. The number of alkyl halides is 1. The highest BCUT2D eigenvalue weighted by molar-refractivity contribution is 6.17. The highest BCUT2D eigenvalue weighted by Gasteiger charge is 2.18. The zero-order valence-electron chi connectivity index (χ0n) is 11.4. The van der Waals surface area contributed by atoms with Gasteiger partial charge < -0.3 is 9.47 Å². The summed E-state index contributed by atoms with van der Waals surface area (Å²) in [6.07, 6.45) is 0. The average molecular weight is 308 g/mol. The number of hydrogen-bond donors (Lipinski definition) is 0. The highest BCUT2D eigenvalue weighted by Crippen LogP contribution is 2.36. The second-order valence-electron chi connectivity index (χ2n) is 4.17. The second kappa shape index (κ2) is 6.95. The van der Waals surface area contributed by atoms with Crippen LogP contribution in [0.1, 0.15) is 12.5 Å². The number of nitro groups is 1. The monoisotopic (exact) mass is 307 g/mol. The van der Waals surface area contributed by atoms with Crippen molar-refractivity contribution in [1.29, 1.82) is 0 Å². The quantitative estimate of drug-likeness (QED) is 0.447. The van der Waals surface area contributed by atoms with Gasteiger partial charge in [-0.15, -0.1) is 11.6 Å². The van der Waals surface area contributed by atoms with Crippen LogP contribution in [0, 0.1) is 10.1 Å². The average Bonchev–Trinajstić information content (AvgIpc) is 2.49. The summed E-state index contributed by atoms with van der Waals surface area (Å²) >= 11 is 5.70. The molecule has 0 saturated heterocycles. The fraction of sp³-hybridized carbons (Fsp3) is 0.200. The van der Waals surface area contributed by atoms with E-state index >= 15 is 0 Å². The van der Waals surface area contributed by atoms with E-state index in [4.69, 9.17) is 21.1 Å². The summed E-state index contributed by atoms with van der Waals surface area (Å²) in [5, 5.41) is 11.1. The summed E-state index contributed by atoms with van der Waals surface area (Å²) in [6, 6.07) is 11.7. The van der Waals surface area contributed by atoms with Gasteiger partial charge in [0.15, 0.2) is 11.5 Å². The Balaban J connectivity index is 2.37. The number of para-hydroxylation sites is 2. The lowest BCUT2D eigenvalue weighted by atomic mass is 10.2. The van der Waals surface area contributed by atoms with Crippen LogP contribution in [0.5, 0.6) is 17.2 Å². The van der Waals surface area contributed by atoms with E-state index in [2.05, 4.69) is 0 Å². The molecule has 0 aliphatic rings. The number of ether oxygens (including phenoxy) is 2. The molecule has 0 atom stereocenters. The first-order valence-electron chi connectivity index (χ1n) is 6.38. The van der Waals surface area contributed by atoms with Crippen molar-refractivity contribution in [1.82, 2.24) is 0 Å². The van der Waals surface area contributed by atoms with E-state index in [-0.39, 0.29) is 17.3 Å². The second-order valence-corrected chi connectivity index (χ2v) is 4.44. The Morgan fingerprint density at radius 3 is 2.48 bits per heavy atom. The molecular formula is C15H14ClNO4. The molecule has 0 unspecified atom stereocenters. The molecule has 0 radical (unpaired) electrons. The molecule has 0 aliphatic carbocycles. The van der Waals surface area contributed by atoms with Crippen molar-refractivity contribution in [2.24, 2.45) is 0 Å². The Hall–Kier alpha value is -2.27. The molecule has 5 nitrogen and oxygen atoms in total. The summed E-state index contributed by atoms with van der Waals surface area (Å²) in [4.78, 5) is 10.7. The fourth-order valence-electron chi connectivity index (χ4n) is 1.80. The van der Waals surface area contributed by atoms with Gasteiger partial charge in [-0.05, 0) is 30.7 Å². The van der Waals surface area contributed by atoms with Crippen molar-refractivity contribution in [3.05, 3.63) is 58.1 Å². The molecule has 0 heterocycles. The fourth-order valence-corrected chi connectivity index (χ4v) is 1.97. The molecule has 2 aromatic carbocycles. The van der Waals surface area contributed by atoms with E-state index in [1.54, 1.807) is 30.3 Å². The lowest BCUT2D eigenvalue weighted by Crippen LogP contribution is -1.97. The minimum absolute atomic E-state index is 0.126. The predicted octanol–water partition coefficient (Wildman–Crippen LogP) is 4.52. The minimum atomic E-state index is -0.491. The van der Waals surface area contributed by atoms with Gasteiger partial charge in [0.1, 0.15) is 0 Å². The normalized spacial score (nSPS) is 10.2. The van der Waals surface area contributed by atoms with Crippen molar-refractivity contribution < 1.29 is 14.4 Å². The highest BCUT2D eigenvalue weighted by atomic mass is 35.5. The Morgan fingerprint density at radius 1 is 1.14 bits per heavy atom. The molecular weight excluding hydrogens is 294 g/mol. The maximum absolute atomic E-state index is 11.1. The van der Waals surface area contributed by atoms with Crippen molar-refractivity contribution in [2.75, 3.05) is 6.61 Å². The van der Waals surface area contributed by atoms with Crippen LogP contribution in [0.2, 0.25) is 0 Å². The van der Waals surface area contributed by atoms with E-state index < -0.39 is 4.92 Å². The van der Waals surface area contributed by atoms with Gasteiger partial charge in [0.05, 0.1) is 11.5 Å². The molecule has 0 saturated carbocycles. The van der Waals surface area contributed by atoms with E-state index in [0.717, 1.165) is 0 Å². The Labute approximate surface area is 127 Å². The number of nitrogens with zero attached hydrogens (tertiary/aromatic N) is 1. The molecule has 2 aromatic rings. The first-order valence-corrected chi connectivity index (χ1v) is 6.92. The zero-order valence-corrected chi connectivity index (χ0v) is 12.2. The number of halogens is 1. The van der Waals surface area contributed by atoms with Gasteiger partial charge in [0, 0.05) is 11.9 Å². The SMILES string of the molecule is CCOc1ccccc1Oc1ccc(CCl)cc1[N+](=O)[O-]. The third-order valence-corrected chi connectivity index (χ3v) is 3.05. The maximum Gasteiger partial charge on any atom is 0.311 e. The number of rotatable bonds is 6. The first-order chi connectivity index (χ1) is 10.2.